The van der Waals surface area contributed by atoms with Crippen molar-refractivity contribution in [3.63, 3.8) is 0 Å². The summed E-state index contributed by atoms with van der Waals surface area (Å²) in [5, 5.41) is 14.4. The molecule has 1 aromatic carbocycles. The molecule has 27 heavy (non-hydrogen) atoms. The molecule has 1 aliphatic heterocycles. The molecule has 3 atom stereocenters. The van der Waals surface area contributed by atoms with Crippen LogP contribution in [0.3, 0.4) is 0 Å². The number of nitrogens with one attached hydrogen (secondary N) is 1. The fourth-order valence-electron chi connectivity index (χ4n) is 3.13. The smallest absolute Gasteiger partial charge is 0.363 e. The van der Waals surface area contributed by atoms with Crippen LogP contribution in [0.4, 0.5) is 22.4 Å². The van der Waals surface area contributed by atoms with E-state index in [9.17, 15) is 32.3 Å². The van der Waals surface area contributed by atoms with Gasteiger partial charge in [0.25, 0.3) is 5.72 Å². The fourth-order valence-corrected chi connectivity index (χ4v) is 3.83. The van der Waals surface area contributed by atoms with Gasteiger partial charge in [-0.15, -0.1) is 11.3 Å². The third-order valence-corrected chi connectivity index (χ3v) is 5.44. The summed E-state index contributed by atoms with van der Waals surface area (Å²) in [6, 6.07) is 4.44. The molecule has 0 unspecified atom stereocenters. The first-order valence-electron chi connectivity index (χ1n) is 7.74. The van der Waals surface area contributed by atoms with Crippen LogP contribution in [0.5, 0.6) is 0 Å². The van der Waals surface area contributed by atoms with Gasteiger partial charge < -0.3 is 10.4 Å². The maximum Gasteiger partial charge on any atom is 0.437 e. The minimum atomic E-state index is -5.31. The van der Waals surface area contributed by atoms with Crippen molar-refractivity contribution in [3.8, 4) is 0 Å². The lowest BCUT2D eigenvalue weighted by Gasteiger charge is -2.49. The molecule has 0 spiro atoms. The fraction of sp³-hybridized carbons (Fsp3) is 0.294. The number of carbonyl (C=O) groups excluding carboxylic acids is 2. The van der Waals surface area contributed by atoms with Crippen molar-refractivity contribution in [2.24, 2.45) is 5.92 Å². The number of Topliss-reactive ketones (excluding diaryl/α,β-unsaturated/α-hetero) is 1. The van der Waals surface area contributed by atoms with Gasteiger partial charge in [-0.3, -0.25) is 9.69 Å². The Kier molecular flexibility index (Phi) is 4.73. The lowest BCUT2D eigenvalue weighted by Crippen LogP contribution is -2.72. The number of halogens is 4. The van der Waals surface area contributed by atoms with Crippen LogP contribution < -0.4 is 5.32 Å². The molecule has 2 heterocycles. The molecule has 0 bridgehead atoms. The number of ketones is 1. The summed E-state index contributed by atoms with van der Waals surface area (Å²) < 4.78 is 54.8. The highest BCUT2D eigenvalue weighted by molar-refractivity contribution is 7.12. The second kappa shape index (κ2) is 6.61. The van der Waals surface area contributed by atoms with E-state index >= 15 is 0 Å². The summed E-state index contributed by atoms with van der Waals surface area (Å²) in [4.78, 5) is 25.1. The Morgan fingerprint density at radius 3 is 2.41 bits per heavy atom. The summed E-state index contributed by atoms with van der Waals surface area (Å²) in [7, 11) is 0.762. The molecule has 1 fully saturated rings. The van der Waals surface area contributed by atoms with E-state index in [0.29, 0.717) is 0 Å². The molecule has 1 saturated heterocycles. The van der Waals surface area contributed by atoms with Crippen LogP contribution in [-0.4, -0.2) is 40.8 Å². The van der Waals surface area contributed by atoms with Gasteiger partial charge in [0.05, 0.1) is 10.9 Å². The summed E-state index contributed by atoms with van der Waals surface area (Å²) in [6.45, 7) is 0. The number of alkyl halides is 3. The van der Waals surface area contributed by atoms with Crippen molar-refractivity contribution in [3.05, 3.63) is 58.0 Å². The summed E-state index contributed by atoms with van der Waals surface area (Å²) in [5.41, 5.74) is -3.68. The lowest BCUT2D eigenvalue weighted by molar-refractivity contribution is -0.322. The van der Waals surface area contributed by atoms with E-state index in [1.54, 1.807) is 0 Å². The van der Waals surface area contributed by atoms with E-state index in [-0.39, 0.29) is 15.3 Å². The molecule has 2 N–H and O–H groups in total. The number of urea groups is 1. The summed E-state index contributed by atoms with van der Waals surface area (Å²) in [5.74, 6) is -3.71. The molecule has 2 amide bonds. The Hall–Kier alpha value is -2.46. The van der Waals surface area contributed by atoms with E-state index in [0.717, 1.165) is 42.6 Å². The Morgan fingerprint density at radius 2 is 1.89 bits per heavy atom. The minimum Gasteiger partial charge on any atom is -0.363 e. The van der Waals surface area contributed by atoms with Crippen LogP contribution in [0.2, 0.25) is 0 Å². The van der Waals surface area contributed by atoms with Gasteiger partial charge >= 0.3 is 12.2 Å². The van der Waals surface area contributed by atoms with Gasteiger partial charge in [0.1, 0.15) is 11.7 Å². The molecule has 2 aromatic rings. The number of rotatable bonds is 3. The average molecular weight is 402 g/mol. The van der Waals surface area contributed by atoms with Crippen molar-refractivity contribution in [1.29, 1.82) is 0 Å². The molecular weight excluding hydrogens is 388 g/mol. The topological polar surface area (TPSA) is 69.6 Å². The second-order valence-corrected chi connectivity index (χ2v) is 7.03. The summed E-state index contributed by atoms with van der Waals surface area (Å²) in [6.07, 6.45) is -5.31. The Bertz CT molecular complexity index is 854. The van der Waals surface area contributed by atoms with Crippen molar-refractivity contribution < 1.29 is 32.3 Å². The zero-order valence-electron chi connectivity index (χ0n) is 13.8. The number of carbonyl (C=O) groups is 2. The normalized spacial score (nSPS) is 26.0. The average Bonchev–Trinajstić information content (AvgIpc) is 3.13. The number of aliphatic hydroxyl groups is 1. The molecule has 1 aromatic heterocycles. The van der Waals surface area contributed by atoms with Crippen LogP contribution in [0.25, 0.3) is 0 Å². The number of hydrogen-bond acceptors (Lipinski definition) is 4. The molecule has 0 saturated carbocycles. The maximum atomic E-state index is 13.9. The van der Waals surface area contributed by atoms with Crippen LogP contribution >= 0.6 is 11.3 Å². The van der Waals surface area contributed by atoms with Gasteiger partial charge in [-0.25, -0.2) is 9.18 Å². The lowest BCUT2D eigenvalue weighted by atomic mass is 9.78. The molecule has 3 rings (SSSR count). The Balaban J connectivity index is 2.19. The van der Waals surface area contributed by atoms with E-state index in [1.165, 1.54) is 17.5 Å². The summed E-state index contributed by atoms with van der Waals surface area (Å²) >= 11 is 0.919. The molecule has 0 aliphatic carbocycles. The number of amides is 2. The van der Waals surface area contributed by atoms with E-state index in [4.69, 9.17) is 0 Å². The van der Waals surface area contributed by atoms with Crippen molar-refractivity contribution in [2.75, 3.05) is 7.05 Å². The van der Waals surface area contributed by atoms with Crippen LogP contribution in [0.1, 0.15) is 21.3 Å². The molecule has 10 heteroatoms. The third kappa shape index (κ3) is 3.08. The quantitative estimate of drug-likeness (QED) is 0.611. The largest absolute Gasteiger partial charge is 0.437 e. The predicted octanol–water partition coefficient (Wildman–Crippen LogP) is 3.33. The molecule has 144 valence electrons. The Labute approximate surface area is 155 Å². The SMILES string of the molecule is CN1C(=O)N[C@@H](c2ccc(F)cc2)[C@@H](C(=O)c2cccs2)[C@]1(O)C(F)(F)F. The molecule has 1 aliphatic rings. The first kappa shape index (κ1) is 19.3. The van der Waals surface area contributed by atoms with E-state index < -0.39 is 41.5 Å². The number of benzene rings is 1. The van der Waals surface area contributed by atoms with Crippen molar-refractivity contribution in [1.82, 2.24) is 10.2 Å². The molecular formula is C17H14F4N2O3S. The number of hydrogen-bond donors (Lipinski definition) is 2. The van der Waals surface area contributed by atoms with Crippen LogP contribution in [0, 0.1) is 11.7 Å². The van der Waals surface area contributed by atoms with Gasteiger partial charge in [0, 0.05) is 7.05 Å². The monoisotopic (exact) mass is 402 g/mol. The zero-order chi connectivity index (χ0) is 20.0. The highest BCUT2D eigenvalue weighted by Gasteiger charge is 2.69. The number of thiophene rings is 1. The van der Waals surface area contributed by atoms with E-state index in [1.807, 2.05) is 0 Å². The molecule has 5 nitrogen and oxygen atoms in total. The van der Waals surface area contributed by atoms with E-state index in [2.05, 4.69) is 5.32 Å². The number of nitrogens with zero attached hydrogens (tertiary/aromatic N) is 1. The first-order valence-corrected chi connectivity index (χ1v) is 8.62. The van der Waals surface area contributed by atoms with Crippen molar-refractivity contribution in [2.45, 2.75) is 17.9 Å². The zero-order valence-corrected chi connectivity index (χ0v) is 14.6. The van der Waals surface area contributed by atoms with Gasteiger partial charge in [-0.05, 0) is 29.1 Å². The van der Waals surface area contributed by atoms with Crippen LogP contribution in [0.15, 0.2) is 41.8 Å². The predicted molar refractivity (Wildman–Crippen MR) is 88.6 cm³/mol. The second-order valence-electron chi connectivity index (χ2n) is 6.08. The van der Waals surface area contributed by atoms with Crippen molar-refractivity contribution >= 4 is 23.2 Å². The molecule has 0 radical (unpaired) electrons. The Morgan fingerprint density at radius 1 is 1.26 bits per heavy atom. The standard InChI is InChI=1S/C17H14F4N2O3S/c1-23-15(25)22-13(9-4-6-10(18)7-5-9)12(16(23,26)17(19,20)21)14(24)11-3-2-8-27-11/h2-8,12-13,26H,1H3,(H,22,25)/t12-,13-,16-/m0/s1. The van der Waals surface area contributed by atoms with Gasteiger partial charge in [0.15, 0.2) is 5.78 Å². The maximum absolute atomic E-state index is 13.9. The van der Waals surface area contributed by atoms with Gasteiger partial charge in [0.2, 0.25) is 0 Å². The third-order valence-electron chi connectivity index (χ3n) is 4.55. The van der Waals surface area contributed by atoms with Gasteiger partial charge in [-0.1, -0.05) is 18.2 Å². The first-order chi connectivity index (χ1) is 12.6. The van der Waals surface area contributed by atoms with Gasteiger partial charge in [-0.2, -0.15) is 13.2 Å². The van der Waals surface area contributed by atoms with Crippen LogP contribution in [-0.2, 0) is 0 Å². The minimum absolute atomic E-state index is 0.000615. The highest BCUT2D eigenvalue weighted by Crippen LogP contribution is 2.47. The highest BCUT2D eigenvalue weighted by atomic mass is 32.1.